The second-order valence-electron chi connectivity index (χ2n) is 6.49. The van der Waals surface area contributed by atoms with Crippen molar-refractivity contribution in [3.63, 3.8) is 0 Å². The number of hydrogen-bond acceptors (Lipinski definition) is 5. The summed E-state index contributed by atoms with van der Waals surface area (Å²) in [5.41, 5.74) is 1.45. The van der Waals surface area contributed by atoms with Gasteiger partial charge in [0.05, 0.1) is 30.0 Å². The molecule has 6 nitrogen and oxygen atoms in total. The minimum absolute atomic E-state index is 0.179. The van der Waals surface area contributed by atoms with E-state index in [1.165, 1.54) is 26.0 Å². The fraction of sp³-hybridized carbons (Fsp3) is 0.130. The number of rotatable bonds is 8. The van der Waals surface area contributed by atoms with Crippen LogP contribution >= 0.6 is 35.0 Å². The first-order valence-electron chi connectivity index (χ1n) is 9.41. The summed E-state index contributed by atoms with van der Waals surface area (Å²) in [4.78, 5) is 25.9. The van der Waals surface area contributed by atoms with Crippen molar-refractivity contribution in [3.05, 3.63) is 76.3 Å². The van der Waals surface area contributed by atoms with Crippen LogP contribution in [0, 0.1) is 0 Å². The van der Waals surface area contributed by atoms with Gasteiger partial charge in [-0.05, 0) is 48.5 Å². The molecule has 0 saturated carbocycles. The van der Waals surface area contributed by atoms with Crippen LogP contribution in [-0.4, -0.2) is 31.8 Å². The third-order valence-electron chi connectivity index (χ3n) is 4.32. The van der Waals surface area contributed by atoms with Crippen LogP contribution in [0.5, 0.6) is 11.5 Å². The van der Waals surface area contributed by atoms with Crippen molar-refractivity contribution in [3.8, 4) is 11.5 Å². The van der Waals surface area contributed by atoms with Gasteiger partial charge in [0.25, 0.3) is 5.91 Å². The third-order valence-corrected chi connectivity index (χ3v) is 6.05. The Bertz CT molecular complexity index is 1120. The minimum Gasteiger partial charge on any atom is -0.496 e. The number of thioether (sulfide) groups is 1. The van der Waals surface area contributed by atoms with Crippen LogP contribution in [0.1, 0.15) is 10.4 Å². The lowest BCUT2D eigenvalue weighted by Crippen LogP contribution is -2.15. The largest absolute Gasteiger partial charge is 0.496 e. The zero-order chi connectivity index (χ0) is 23.1. The van der Waals surface area contributed by atoms with Gasteiger partial charge in [0, 0.05) is 16.3 Å². The van der Waals surface area contributed by atoms with Gasteiger partial charge in [0.2, 0.25) is 5.91 Å². The fourth-order valence-electron chi connectivity index (χ4n) is 2.85. The van der Waals surface area contributed by atoms with Gasteiger partial charge in [0.1, 0.15) is 17.1 Å². The van der Waals surface area contributed by atoms with Crippen molar-refractivity contribution in [1.82, 2.24) is 0 Å². The van der Waals surface area contributed by atoms with Crippen LogP contribution in [0.2, 0.25) is 10.0 Å². The van der Waals surface area contributed by atoms with E-state index in [0.29, 0.717) is 38.5 Å². The lowest BCUT2D eigenvalue weighted by atomic mass is 10.1. The summed E-state index contributed by atoms with van der Waals surface area (Å²) >= 11 is 13.2. The summed E-state index contributed by atoms with van der Waals surface area (Å²) in [6.07, 6.45) is 0. The number of carbonyl (C=O) groups is 2. The van der Waals surface area contributed by atoms with E-state index in [0.717, 1.165) is 4.90 Å². The van der Waals surface area contributed by atoms with Crippen LogP contribution in [0.25, 0.3) is 0 Å². The van der Waals surface area contributed by atoms with Gasteiger partial charge >= 0.3 is 0 Å². The summed E-state index contributed by atoms with van der Waals surface area (Å²) in [7, 11) is 2.98. The average molecular weight is 491 g/mol. The summed E-state index contributed by atoms with van der Waals surface area (Å²) in [5.74, 6) is 0.441. The number of methoxy groups -OCH3 is 2. The molecule has 0 fully saturated rings. The molecule has 0 radical (unpaired) electrons. The van der Waals surface area contributed by atoms with E-state index in [1.807, 2.05) is 6.07 Å². The molecule has 0 heterocycles. The number of anilines is 2. The minimum atomic E-state index is -0.362. The average Bonchev–Trinajstić information content (AvgIpc) is 2.79. The first-order valence-corrected chi connectivity index (χ1v) is 11.2. The molecule has 0 unspecified atom stereocenters. The topological polar surface area (TPSA) is 76.7 Å². The lowest BCUT2D eigenvalue weighted by Gasteiger charge is -2.13. The zero-order valence-corrected chi connectivity index (χ0v) is 19.6. The molecule has 0 aliphatic heterocycles. The van der Waals surface area contributed by atoms with Crippen LogP contribution in [0.4, 0.5) is 11.4 Å². The van der Waals surface area contributed by atoms with E-state index in [1.54, 1.807) is 54.6 Å². The number of benzene rings is 3. The molecule has 0 aromatic heterocycles. The SMILES string of the molecule is COc1cccc(OC)c1C(=O)Nc1cccc(SCC(=O)Nc2ccc(Cl)c(Cl)c2)c1. The van der Waals surface area contributed by atoms with Crippen molar-refractivity contribution in [2.75, 3.05) is 30.6 Å². The number of halogens is 2. The van der Waals surface area contributed by atoms with Gasteiger partial charge in [-0.3, -0.25) is 9.59 Å². The summed E-state index contributed by atoms with van der Waals surface area (Å²) in [6, 6.07) is 17.2. The molecule has 9 heteroatoms. The van der Waals surface area contributed by atoms with Gasteiger partial charge in [-0.2, -0.15) is 0 Å². The van der Waals surface area contributed by atoms with E-state index in [4.69, 9.17) is 32.7 Å². The standard InChI is InChI=1S/C23H20Cl2N2O4S/c1-30-19-7-4-8-20(31-2)22(19)23(29)27-14-5-3-6-16(11-14)32-13-21(28)26-15-9-10-17(24)18(25)12-15/h3-12H,13H2,1-2H3,(H,26,28)(H,27,29). The molecule has 0 bridgehead atoms. The Morgan fingerprint density at radius 3 is 2.16 bits per heavy atom. The number of ether oxygens (including phenoxy) is 2. The zero-order valence-electron chi connectivity index (χ0n) is 17.3. The monoisotopic (exact) mass is 490 g/mol. The van der Waals surface area contributed by atoms with E-state index in [2.05, 4.69) is 10.6 Å². The quantitative estimate of drug-likeness (QED) is 0.379. The highest BCUT2D eigenvalue weighted by Gasteiger charge is 2.18. The first kappa shape index (κ1) is 23.8. The van der Waals surface area contributed by atoms with Crippen molar-refractivity contribution < 1.29 is 19.1 Å². The predicted molar refractivity (Wildman–Crippen MR) is 130 cm³/mol. The molecule has 0 aliphatic carbocycles. The van der Waals surface area contributed by atoms with Crippen molar-refractivity contribution in [2.45, 2.75) is 4.90 Å². The maximum Gasteiger partial charge on any atom is 0.263 e. The molecule has 32 heavy (non-hydrogen) atoms. The second kappa shape index (κ2) is 11.1. The smallest absolute Gasteiger partial charge is 0.263 e. The molecule has 0 atom stereocenters. The molecule has 0 saturated heterocycles. The lowest BCUT2D eigenvalue weighted by molar-refractivity contribution is -0.113. The van der Waals surface area contributed by atoms with Crippen molar-refractivity contribution >= 4 is 58.2 Å². The number of amides is 2. The Morgan fingerprint density at radius 1 is 0.844 bits per heavy atom. The van der Waals surface area contributed by atoms with Crippen LogP contribution in [0.15, 0.2) is 65.6 Å². The maximum absolute atomic E-state index is 12.8. The molecule has 2 amide bonds. The van der Waals surface area contributed by atoms with E-state index in [9.17, 15) is 9.59 Å². The van der Waals surface area contributed by atoms with E-state index in [-0.39, 0.29) is 17.6 Å². The number of nitrogens with one attached hydrogen (secondary N) is 2. The van der Waals surface area contributed by atoms with E-state index >= 15 is 0 Å². The van der Waals surface area contributed by atoms with E-state index < -0.39 is 0 Å². The predicted octanol–water partition coefficient (Wildman–Crippen LogP) is 5.99. The highest BCUT2D eigenvalue weighted by molar-refractivity contribution is 8.00. The summed E-state index contributed by atoms with van der Waals surface area (Å²) in [5, 5.41) is 6.41. The Balaban J connectivity index is 1.64. The third kappa shape index (κ3) is 6.09. The molecule has 2 N–H and O–H groups in total. The van der Waals surface area contributed by atoms with Crippen molar-refractivity contribution in [1.29, 1.82) is 0 Å². The summed E-state index contributed by atoms with van der Waals surface area (Å²) in [6.45, 7) is 0. The first-order chi connectivity index (χ1) is 15.4. The Hall–Kier alpha value is -2.87. The van der Waals surface area contributed by atoms with Gasteiger partial charge in [-0.1, -0.05) is 35.3 Å². The molecular weight excluding hydrogens is 471 g/mol. The van der Waals surface area contributed by atoms with Crippen LogP contribution in [0.3, 0.4) is 0 Å². The summed E-state index contributed by atoms with van der Waals surface area (Å²) < 4.78 is 10.6. The Kier molecular flexibility index (Phi) is 8.27. The molecule has 3 aromatic rings. The number of carbonyl (C=O) groups excluding carboxylic acids is 2. The van der Waals surface area contributed by atoms with Gasteiger partial charge < -0.3 is 20.1 Å². The van der Waals surface area contributed by atoms with Crippen LogP contribution in [-0.2, 0) is 4.79 Å². The van der Waals surface area contributed by atoms with Crippen molar-refractivity contribution in [2.24, 2.45) is 0 Å². The highest BCUT2D eigenvalue weighted by atomic mass is 35.5. The molecule has 3 aromatic carbocycles. The fourth-order valence-corrected chi connectivity index (χ4v) is 3.91. The number of hydrogen-bond donors (Lipinski definition) is 2. The van der Waals surface area contributed by atoms with Gasteiger partial charge in [-0.15, -0.1) is 11.8 Å². The highest BCUT2D eigenvalue weighted by Crippen LogP contribution is 2.30. The maximum atomic E-state index is 12.8. The van der Waals surface area contributed by atoms with Gasteiger partial charge in [-0.25, -0.2) is 0 Å². The normalized spacial score (nSPS) is 10.4. The molecule has 3 rings (SSSR count). The second-order valence-corrected chi connectivity index (χ2v) is 8.35. The molecular formula is C23H20Cl2N2O4S. The molecule has 166 valence electrons. The Labute approximate surface area is 200 Å². The molecule has 0 aliphatic rings. The molecule has 0 spiro atoms. The van der Waals surface area contributed by atoms with Gasteiger partial charge in [0.15, 0.2) is 0 Å². The Morgan fingerprint density at radius 2 is 1.50 bits per heavy atom. The van der Waals surface area contributed by atoms with Crippen LogP contribution < -0.4 is 20.1 Å².